The second-order valence-corrected chi connectivity index (χ2v) is 2.56. The quantitative estimate of drug-likeness (QED) is 0.735. The van der Waals surface area contributed by atoms with Crippen LogP contribution in [0.3, 0.4) is 0 Å². The van der Waals surface area contributed by atoms with Gasteiger partial charge in [-0.05, 0) is 12.1 Å². The second-order valence-electron chi connectivity index (χ2n) is 2.56. The van der Waals surface area contributed by atoms with Crippen LogP contribution >= 0.6 is 0 Å². The van der Waals surface area contributed by atoms with Crippen molar-refractivity contribution in [1.82, 2.24) is 9.97 Å². The van der Waals surface area contributed by atoms with Gasteiger partial charge in [0.2, 0.25) is 0 Å². The molecule has 0 bridgehead atoms. The molecule has 2 heterocycles. The van der Waals surface area contributed by atoms with E-state index >= 15 is 0 Å². The van der Waals surface area contributed by atoms with E-state index in [4.69, 9.17) is 4.42 Å². The molecule has 2 rings (SSSR count). The third-order valence-corrected chi connectivity index (χ3v) is 1.74. The fourth-order valence-corrected chi connectivity index (χ4v) is 1.10. The van der Waals surface area contributed by atoms with Crippen LogP contribution in [0, 0.1) is 0 Å². The molecule has 2 aromatic rings. The molecular weight excluding hydrogens is 152 g/mol. The molecule has 0 aliphatic carbocycles. The fraction of sp³-hybridized carbons (Fsp3) is 0.222. The summed E-state index contributed by atoms with van der Waals surface area (Å²) < 4.78 is 5.48. The molecule has 3 nitrogen and oxygen atoms in total. The summed E-state index contributed by atoms with van der Waals surface area (Å²) in [4.78, 5) is 7.07. The topological polar surface area (TPSA) is 41.8 Å². The number of nitrogens with one attached hydrogen (secondary N) is 1. The molecule has 0 saturated carbocycles. The van der Waals surface area contributed by atoms with Crippen molar-refractivity contribution in [3.8, 4) is 11.6 Å². The molecule has 0 aromatic carbocycles. The van der Waals surface area contributed by atoms with Gasteiger partial charge in [-0.2, -0.15) is 0 Å². The summed E-state index contributed by atoms with van der Waals surface area (Å²) in [5, 5.41) is 0. The molecule has 0 aliphatic heterocycles. The Bertz CT molecular complexity index is 348. The molecule has 3 heteroatoms. The zero-order valence-corrected chi connectivity index (χ0v) is 6.87. The van der Waals surface area contributed by atoms with Gasteiger partial charge in [0.25, 0.3) is 0 Å². The van der Waals surface area contributed by atoms with Gasteiger partial charge in [0.15, 0.2) is 11.6 Å². The molecule has 2 aromatic heterocycles. The average molecular weight is 162 g/mol. The number of hydrogen-bond donors (Lipinski definition) is 1. The van der Waals surface area contributed by atoms with Crippen molar-refractivity contribution in [2.75, 3.05) is 0 Å². The number of aromatic amines is 1. The molecular formula is C9H10N2O. The van der Waals surface area contributed by atoms with Gasteiger partial charge in [0.1, 0.15) is 5.76 Å². The molecule has 0 fully saturated rings. The first-order chi connectivity index (χ1) is 5.90. The highest BCUT2D eigenvalue weighted by molar-refractivity contribution is 5.46. The molecule has 0 saturated heterocycles. The Kier molecular flexibility index (Phi) is 1.70. The molecule has 0 amide bonds. The zero-order chi connectivity index (χ0) is 8.39. The highest BCUT2D eigenvalue weighted by Gasteiger charge is 2.04. The van der Waals surface area contributed by atoms with Crippen LogP contribution in [0.1, 0.15) is 12.7 Å². The van der Waals surface area contributed by atoms with Crippen molar-refractivity contribution in [2.45, 2.75) is 13.3 Å². The zero-order valence-electron chi connectivity index (χ0n) is 6.87. The molecule has 0 unspecified atom stereocenters. The third kappa shape index (κ3) is 1.13. The summed E-state index contributed by atoms with van der Waals surface area (Å²) >= 11 is 0. The van der Waals surface area contributed by atoms with E-state index in [1.54, 1.807) is 12.4 Å². The number of aromatic nitrogens is 2. The molecule has 62 valence electrons. The Labute approximate surface area is 70.4 Å². The van der Waals surface area contributed by atoms with Gasteiger partial charge < -0.3 is 9.40 Å². The van der Waals surface area contributed by atoms with Gasteiger partial charge in [0.05, 0.1) is 0 Å². The smallest absolute Gasteiger partial charge is 0.173 e. The van der Waals surface area contributed by atoms with Crippen LogP contribution in [0.4, 0.5) is 0 Å². The Hall–Kier alpha value is -1.51. The van der Waals surface area contributed by atoms with E-state index in [9.17, 15) is 0 Å². The van der Waals surface area contributed by atoms with E-state index in [1.807, 2.05) is 12.1 Å². The van der Waals surface area contributed by atoms with Crippen LogP contribution in [0.2, 0.25) is 0 Å². The summed E-state index contributed by atoms with van der Waals surface area (Å²) in [5.41, 5.74) is 0. The van der Waals surface area contributed by atoms with E-state index in [0.29, 0.717) is 0 Å². The van der Waals surface area contributed by atoms with Gasteiger partial charge in [-0.1, -0.05) is 6.92 Å². The maximum atomic E-state index is 5.48. The largest absolute Gasteiger partial charge is 0.458 e. The van der Waals surface area contributed by atoms with E-state index in [-0.39, 0.29) is 0 Å². The van der Waals surface area contributed by atoms with Crippen LogP contribution in [-0.2, 0) is 6.42 Å². The first kappa shape index (κ1) is 7.16. The molecule has 0 aliphatic rings. The lowest BCUT2D eigenvalue weighted by Crippen LogP contribution is -1.75. The lowest BCUT2D eigenvalue weighted by Gasteiger charge is -1.89. The normalized spacial score (nSPS) is 10.4. The average Bonchev–Trinajstić information content (AvgIpc) is 2.75. The number of furan rings is 1. The third-order valence-electron chi connectivity index (χ3n) is 1.74. The minimum atomic E-state index is 0.787. The molecule has 0 radical (unpaired) electrons. The maximum Gasteiger partial charge on any atom is 0.173 e. The van der Waals surface area contributed by atoms with E-state index in [1.165, 1.54) is 0 Å². The number of aryl methyl sites for hydroxylation is 1. The summed E-state index contributed by atoms with van der Waals surface area (Å²) in [7, 11) is 0. The van der Waals surface area contributed by atoms with Gasteiger partial charge in [0, 0.05) is 18.8 Å². The van der Waals surface area contributed by atoms with Gasteiger partial charge in [-0.25, -0.2) is 4.98 Å². The summed E-state index contributed by atoms with van der Waals surface area (Å²) in [6.07, 6.45) is 4.41. The lowest BCUT2D eigenvalue weighted by molar-refractivity contribution is 0.526. The summed E-state index contributed by atoms with van der Waals surface area (Å²) in [5.74, 6) is 2.58. The van der Waals surface area contributed by atoms with Crippen molar-refractivity contribution >= 4 is 0 Å². The van der Waals surface area contributed by atoms with Crippen molar-refractivity contribution < 1.29 is 4.42 Å². The predicted octanol–water partition coefficient (Wildman–Crippen LogP) is 2.23. The van der Waals surface area contributed by atoms with Gasteiger partial charge in [-0.3, -0.25) is 0 Å². The summed E-state index contributed by atoms with van der Waals surface area (Å²) in [6.45, 7) is 2.06. The highest BCUT2D eigenvalue weighted by Crippen LogP contribution is 2.17. The maximum absolute atomic E-state index is 5.48. The standard InChI is InChI=1S/C9H10N2O/c1-2-7-3-4-8(12-7)9-10-5-6-11-9/h3-6H,2H2,1H3,(H,10,11). The monoisotopic (exact) mass is 162 g/mol. The lowest BCUT2D eigenvalue weighted by atomic mass is 10.3. The van der Waals surface area contributed by atoms with Crippen molar-refractivity contribution in [1.29, 1.82) is 0 Å². The molecule has 1 N–H and O–H groups in total. The Morgan fingerprint density at radius 2 is 2.42 bits per heavy atom. The number of imidazole rings is 1. The fourth-order valence-electron chi connectivity index (χ4n) is 1.10. The van der Waals surface area contributed by atoms with Crippen molar-refractivity contribution in [2.24, 2.45) is 0 Å². The SMILES string of the molecule is CCc1ccc(-c2ncc[nH]2)o1. The second kappa shape index (κ2) is 2.85. The molecule has 0 atom stereocenters. The number of rotatable bonds is 2. The predicted molar refractivity (Wildman–Crippen MR) is 45.7 cm³/mol. The minimum Gasteiger partial charge on any atom is -0.458 e. The van der Waals surface area contributed by atoms with E-state index < -0.39 is 0 Å². The van der Waals surface area contributed by atoms with E-state index in [2.05, 4.69) is 16.9 Å². The van der Waals surface area contributed by atoms with Crippen LogP contribution in [0.5, 0.6) is 0 Å². The minimum absolute atomic E-state index is 0.787. The van der Waals surface area contributed by atoms with Crippen molar-refractivity contribution in [3.05, 3.63) is 30.3 Å². The highest BCUT2D eigenvalue weighted by atomic mass is 16.3. The van der Waals surface area contributed by atoms with Crippen LogP contribution in [-0.4, -0.2) is 9.97 Å². The van der Waals surface area contributed by atoms with Crippen LogP contribution in [0.25, 0.3) is 11.6 Å². The van der Waals surface area contributed by atoms with E-state index in [0.717, 1.165) is 23.8 Å². The number of H-pyrrole nitrogens is 1. The Morgan fingerprint density at radius 3 is 3.00 bits per heavy atom. The molecule has 12 heavy (non-hydrogen) atoms. The van der Waals surface area contributed by atoms with Gasteiger partial charge in [-0.15, -0.1) is 0 Å². The summed E-state index contributed by atoms with van der Waals surface area (Å²) in [6, 6.07) is 3.90. The molecule has 0 spiro atoms. The Morgan fingerprint density at radius 1 is 1.50 bits per heavy atom. The number of hydrogen-bond acceptors (Lipinski definition) is 2. The first-order valence-electron chi connectivity index (χ1n) is 3.98. The van der Waals surface area contributed by atoms with Crippen LogP contribution in [0.15, 0.2) is 28.9 Å². The first-order valence-corrected chi connectivity index (χ1v) is 3.98. The van der Waals surface area contributed by atoms with Crippen molar-refractivity contribution in [3.63, 3.8) is 0 Å². The van der Waals surface area contributed by atoms with Crippen LogP contribution < -0.4 is 0 Å². The number of nitrogens with zero attached hydrogens (tertiary/aromatic N) is 1. The Balaban J connectivity index is 2.35. The van der Waals surface area contributed by atoms with Gasteiger partial charge >= 0.3 is 0 Å².